The van der Waals surface area contributed by atoms with Crippen molar-refractivity contribution < 1.29 is 5.11 Å². The van der Waals surface area contributed by atoms with Gasteiger partial charge in [0, 0.05) is 38.3 Å². The van der Waals surface area contributed by atoms with E-state index in [9.17, 15) is 5.11 Å². The predicted octanol–water partition coefficient (Wildman–Crippen LogP) is 3.13. The van der Waals surface area contributed by atoms with Gasteiger partial charge in [0.2, 0.25) is 0 Å². The van der Waals surface area contributed by atoms with Gasteiger partial charge in [-0.25, -0.2) is 0 Å². The second-order valence-electron chi connectivity index (χ2n) is 7.94. The zero-order valence-corrected chi connectivity index (χ0v) is 18.7. The number of likely N-dealkylation sites (tertiary alicyclic amines) is 2. The number of rotatable bonds is 3. The Kier molecular flexibility index (Phi) is 7.25. The lowest BCUT2D eigenvalue weighted by molar-refractivity contribution is 0.249. The first kappa shape index (κ1) is 20.7. The summed E-state index contributed by atoms with van der Waals surface area (Å²) in [6.07, 6.45) is 8.64. The third kappa shape index (κ3) is 4.53. The molecule has 1 aromatic carbocycles. The zero-order chi connectivity index (χ0) is 17.9. The van der Waals surface area contributed by atoms with E-state index in [0.29, 0.717) is 18.3 Å². The fraction of sp³-hybridized carbons (Fsp3) is 0.667. The Morgan fingerprint density at radius 2 is 1.93 bits per heavy atom. The van der Waals surface area contributed by atoms with E-state index in [4.69, 9.17) is 0 Å². The van der Waals surface area contributed by atoms with Crippen LogP contribution in [-0.4, -0.2) is 60.1 Å². The summed E-state index contributed by atoms with van der Waals surface area (Å²) in [7, 11) is 1.87. The molecular weight excluding hydrogens is 451 g/mol. The number of benzene rings is 1. The highest BCUT2D eigenvalue weighted by atomic mass is 127. The van der Waals surface area contributed by atoms with Crippen molar-refractivity contribution in [3.8, 4) is 5.75 Å². The van der Waals surface area contributed by atoms with Crippen LogP contribution in [0.2, 0.25) is 0 Å². The van der Waals surface area contributed by atoms with Gasteiger partial charge in [-0.2, -0.15) is 0 Å². The number of fused-ring (bicyclic) bond motifs is 1. The van der Waals surface area contributed by atoms with Crippen LogP contribution in [-0.2, 0) is 19.4 Å². The molecule has 6 heteroatoms. The van der Waals surface area contributed by atoms with Gasteiger partial charge in [0.15, 0.2) is 5.96 Å². The number of aliphatic imine (C=N–C) groups is 1. The van der Waals surface area contributed by atoms with E-state index in [0.717, 1.165) is 37.5 Å². The molecule has 2 heterocycles. The quantitative estimate of drug-likeness (QED) is 0.394. The molecule has 4 rings (SSSR count). The monoisotopic (exact) mass is 484 g/mol. The Hall–Kier alpha value is -1.02. The number of hydrogen-bond acceptors (Lipinski definition) is 3. The fourth-order valence-corrected chi connectivity index (χ4v) is 4.93. The molecule has 0 radical (unpaired) electrons. The maximum Gasteiger partial charge on any atom is 0.193 e. The fourth-order valence-electron chi connectivity index (χ4n) is 4.93. The van der Waals surface area contributed by atoms with Crippen molar-refractivity contribution in [1.29, 1.82) is 0 Å². The number of phenolic OH excluding ortho intramolecular Hbond substituents is 1. The minimum absolute atomic E-state index is 0. The highest BCUT2D eigenvalue weighted by Gasteiger charge is 2.30. The summed E-state index contributed by atoms with van der Waals surface area (Å²) in [6, 6.07) is 4.64. The van der Waals surface area contributed by atoms with E-state index in [1.54, 1.807) is 0 Å². The average molecular weight is 484 g/mol. The van der Waals surface area contributed by atoms with Crippen molar-refractivity contribution in [2.45, 2.75) is 57.5 Å². The minimum atomic E-state index is 0. The standard InChI is InChI=1S/C21H32N4O.HI/c1-22-21(25-13-10-17(15-25)24-11-4-5-12-24)23-14-19-18-7-3-2-6-16(18)8-9-20(19)26;/h8-9,17,26H,2-7,10-15H2,1H3,(H,22,23);1H. The number of aryl methyl sites for hydroxylation is 1. The number of phenols is 1. The first-order chi connectivity index (χ1) is 12.8. The van der Waals surface area contributed by atoms with E-state index in [1.807, 2.05) is 13.1 Å². The highest BCUT2D eigenvalue weighted by molar-refractivity contribution is 14.0. The van der Waals surface area contributed by atoms with Crippen molar-refractivity contribution in [1.82, 2.24) is 15.1 Å². The van der Waals surface area contributed by atoms with Crippen molar-refractivity contribution >= 4 is 29.9 Å². The van der Waals surface area contributed by atoms with E-state index in [1.165, 1.54) is 56.3 Å². The SMILES string of the molecule is CN=C(NCc1c(O)ccc2c1CCCC2)N1CCC(N2CCCC2)C1.I. The van der Waals surface area contributed by atoms with Gasteiger partial charge in [-0.05, 0) is 75.2 Å². The van der Waals surface area contributed by atoms with Gasteiger partial charge in [-0.1, -0.05) is 6.07 Å². The van der Waals surface area contributed by atoms with E-state index in [2.05, 4.69) is 26.2 Å². The number of halogens is 1. The number of nitrogens with one attached hydrogen (secondary N) is 1. The molecule has 1 aliphatic carbocycles. The van der Waals surface area contributed by atoms with E-state index < -0.39 is 0 Å². The van der Waals surface area contributed by atoms with Crippen LogP contribution in [0.15, 0.2) is 17.1 Å². The molecule has 0 aromatic heterocycles. The van der Waals surface area contributed by atoms with Crippen molar-refractivity contribution in [2.24, 2.45) is 4.99 Å². The first-order valence-corrected chi connectivity index (χ1v) is 10.3. The molecule has 0 bridgehead atoms. The first-order valence-electron chi connectivity index (χ1n) is 10.3. The molecule has 2 fully saturated rings. The largest absolute Gasteiger partial charge is 0.508 e. The molecule has 0 spiro atoms. The lowest BCUT2D eigenvalue weighted by atomic mass is 9.88. The second-order valence-corrected chi connectivity index (χ2v) is 7.94. The molecule has 0 amide bonds. The van der Waals surface area contributed by atoms with Crippen molar-refractivity contribution in [3.05, 3.63) is 28.8 Å². The normalized spacial score (nSPS) is 23.2. The lowest BCUT2D eigenvalue weighted by Crippen LogP contribution is -2.42. The van der Waals surface area contributed by atoms with E-state index >= 15 is 0 Å². The summed E-state index contributed by atoms with van der Waals surface area (Å²) in [4.78, 5) is 9.55. The van der Waals surface area contributed by atoms with Crippen LogP contribution < -0.4 is 5.32 Å². The zero-order valence-electron chi connectivity index (χ0n) is 16.4. The lowest BCUT2D eigenvalue weighted by Gasteiger charge is -2.26. The third-order valence-electron chi connectivity index (χ3n) is 6.38. The predicted molar refractivity (Wildman–Crippen MR) is 121 cm³/mol. The number of aromatic hydroxyl groups is 1. The molecule has 3 aliphatic rings. The average Bonchev–Trinajstić information content (AvgIpc) is 3.35. The molecular formula is C21H33IN4O. The summed E-state index contributed by atoms with van der Waals surface area (Å²) < 4.78 is 0. The molecule has 27 heavy (non-hydrogen) atoms. The highest BCUT2D eigenvalue weighted by Crippen LogP contribution is 2.30. The van der Waals surface area contributed by atoms with Crippen LogP contribution >= 0.6 is 24.0 Å². The van der Waals surface area contributed by atoms with Crippen LogP contribution in [0.25, 0.3) is 0 Å². The third-order valence-corrected chi connectivity index (χ3v) is 6.38. The summed E-state index contributed by atoms with van der Waals surface area (Å²) in [5, 5.41) is 13.9. The summed E-state index contributed by atoms with van der Waals surface area (Å²) in [5.41, 5.74) is 3.84. The summed E-state index contributed by atoms with van der Waals surface area (Å²) in [6.45, 7) is 5.31. The van der Waals surface area contributed by atoms with Crippen LogP contribution in [0.1, 0.15) is 48.8 Å². The Balaban J connectivity index is 0.00000210. The molecule has 0 saturated carbocycles. The van der Waals surface area contributed by atoms with Crippen LogP contribution in [0.5, 0.6) is 5.75 Å². The van der Waals surface area contributed by atoms with Crippen molar-refractivity contribution in [2.75, 3.05) is 33.2 Å². The minimum Gasteiger partial charge on any atom is -0.508 e. The van der Waals surface area contributed by atoms with Crippen LogP contribution in [0, 0.1) is 0 Å². The van der Waals surface area contributed by atoms with Gasteiger partial charge in [-0.15, -0.1) is 24.0 Å². The number of hydrogen-bond donors (Lipinski definition) is 2. The molecule has 1 unspecified atom stereocenters. The number of nitrogens with zero attached hydrogens (tertiary/aromatic N) is 3. The van der Waals surface area contributed by atoms with E-state index in [-0.39, 0.29) is 24.0 Å². The number of guanidine groups is 1. The summed E-state index contributed by atoms with van der Waals surface area (Å²) >= 11 is 0. The molecule has 150 valence electrons. The van der Waals surface area contributed by atoms with Crippen molar-refractivity contribution in [3.63, 3.8) is 0 Å². The Bertz CT molecular complexity index is 672. The molecule has 2 aliphatic heterocycles. The van der Waals surface area contributed by atoms with Gasteiger partial charge in [-0.3, -0.25) is 9.89 Å². The van der Waals surface area contributed by atoms with Crippen LogP contribution in [0.3, 0.4) is 0 Å². The van der Waals surface area contributed by atoms with Crippen LogP contribution in [0.4, 0.5) is 0 Å². The molecule has 2 saturated heterocycles. The van der Waals surface area contributed by atoms with Gasteiger partial charge in [0.25, 0.3) is 0 Å². The summed E-state index contributed by atoms with van der Waals surface area (Å²) in [5.74, 6) is 1.39. The maximum atomic E-state index is 10.4. The smallest absolute Gasteiger partial charge is 0.193 e. The Morgan fingerprint density at radius 3 is 2.70 bits per heavy atom. The topological polar surface area (TPSA) is 51.1 Å². The van der Waals surface area contributed by atoms with Gasteiger partial charge >= 0.3 is 0 Å². The van der Waals surface area contributed by atoms with Gasteiger partial charge in [0.1, 0.15) is 5.75 Å². The Morgan fingerprint density at radius 1 is 1.15 bits per heavy atom. The molecule has 1 aromatic rings. The van der Waals surface area contributed by atoms with Gasteiger partial charge < -0.3 is 15.3 Å². The van der Waals surface area contributed by atoms with Gasteiger partial charge in [0.05, 0.1) is 0 Å². The molecule has 5 nitrogen and oxygen atoms in total. The Labute approximate surface area is 180 Å². The molecule has 2 N–H and O–H groups in total. The molecule has 1 atom stereocenters. The maximum absolute atomic E-state index is 10.4. The second kappa shape index (κ2) is 9.45.